The van der Waals surface area contributed by atoms with Crippen LogP contribution in [-0.2, 0) is 9.47 Å². The molecule has 1 N–H and O–H groups in total. The number of hydrogen-bond donors (Lipinski definition) is 1. The summed E-state index contributed by atoms with van der Waals surface area (Å²) in [6, 6.07) is 15.9. The molecular formula is C16H16N2O4. The molecule has 0 aliphatic heterocycles. The third-order valence-electron chi connectivity index (χ3n) is 2.93. The number of amides is 2. The van der Waals surface area contributed by atoms with Gasteiger partial charge in [-0.05, 0) is 36.4 Å². The van der Waals surface area contributed by atoms with Crippen LogP contribution in [0.15, 0.2) is 54.6 Å². The lowest BCUT2D eigenvalue weighted by atomic mass is 10.2. The predicted octanol–water partition coefficient (Wildman–Crippen LogP) is 3.77. The lowest BCUT2D eigenvalue weighted by Crippen LogP contribution is -2.25. The highest BCUT2D eigenvalue weighted by molar-refractivity contribution is 5.96. The number of anilines is 3. The van der Waals surface area contributed by atoms with Crippen LogP contribution in [0.4, 0.5) is 26.7 Å². The molecular weight excluding hydrogens is 284 g/mol. The van der Waals surface area contributed by atoms with Gasteiger partial charge in [-0.3, -0.25) is 5.32 Å². The smallest absolute Gasteiger partial charge is 0.418 e. The van der Waals surface area contributed by atoms with Crippen LogP contribution in [0.3, 0.4) is 0 Å². The quantitative estimate of drug-likeness (QED) is 0.937. The molecule has 0 fully saturated rings. The summed E-state index contributed by atoms with van der Waals surface area (Å²) in [6.07, 6.45) is -1.06. The molecule has 0 saturated heterocycles. The van der Waals surface area contributed by atoms with E-state index in [-0.39, 0.29) is 0 Å². The lowest BCUT2D eigenvalue weighted by molar-refractivity contribution is 0.181. The number of carbonyl (C=O) groups excluding carboxylic acids is 2. The summed E-state index contributed by atoms with van der Waals surface area (Å²) in [6.45, 7) is 0. The van der Waals surface area contributed by atoms with E-state index in [0.717, 1.165) is 0 Å². The second kappa shape index (κ2) is 7.12. The van der Waals surface area contributed by atoms with Crippen LogP contribution in [0.25, 0.3) is 0 Å². The second-order valence-corrected chi connectivity index (χ2v) is 4.30. The summed E-state index contributed by atoms with van der Waals surface area (Å²) < 4.78 is 9.35. The summed E-state index contributed by atoms with van der Waals surface area (Å²) in [4.78, 5) is 24.6. The van der Waals surface area contributed by atoms with Gasteiger partial charge in [-0.1, -0.05) is 18.2 Å². The number of ether oxygens (including phenoxy) is 2. The van der Waals surface area contributed by atoms with E-state index in [1.54, 1.807) is 36.4 Å². The van der Waals surface area contributed by atoms with E-state index in [1.165, 1.54) is 19.1 Å². The molecule has 0 unspecified atom stereocenters. The minimum atomic E-state index is -0.555. The van der Waals surface area contributed by atoms with E-state index < -0.39 is 12.2 Å². The fraction of sp³-hybridized carbons (Fsp3) is 0.125. The standard InChI is InChI=1S/C16H16N2O4/c1-21-15(19)17-12-8-10-14(11-9-12)18(16(20)22-2)13-6-4-3-5-7-13/h3-11H,1-2H3,(H,17,19). The molecule has 0 atom stereocenters. The first kappa shape index (κ1) is 15.4. The van der Waals surface area contributed by atoms with Crippen molar-refractivity contribution in [1.82, 2.24) is 0 Å². The highest BCUT2D eigenvalue weighted by atomic mass is 16.5. The molecule has 0 aromatic heterocycles. The molecule has 114 valence electrons. The fourth-order valence-corrected chi connectivity index (χ4v) is 1.89. The zero-order valence-electron chi connectivity index (χ0n) is 12.3. The minimum Gasteiger partial charge on any atom is -0.453 e. The van der Waals surface area contributed by atoms with Crippen molar-refractivity contribution >= 4 is 29.2 Å². The maximum atomic E-state index is 12.0. The van der Waals surface area contributed by atoms with Gasteiger partial charge in [-0.25, -0.2) is 14.5 Å². The third kappa shape index (κ3) is 3.54. The Morgan fingerprint density at radius 3 is 2.00 bits per heavy atom. The molecule has 0 saturated carbocycles. The Morgan fingerprint density at radius 2 is 1.45 bits per heavy atom. The maximum Gasteiger partial charge on any atom is 0.418 e. The Bertz CT molecular complexity index is 641. The zero-order chi connectivity index (χ0) is 15.9. The topological polar surface area (TPSA) is 67.9 Å². The number of rotatable bonds is 3. The summed E-state index contributed by atoms with van der Waals surface area (Å²) in [5.41, 5.74) is 1.87. The van der Waals surface area contributed by atoms with Crippen molar-refractivity contribution in [2.24, 2.45) is 0 Å². The number of para-hydroxylation sites is 1. The molecule has 0 aliphatic carbocycles. The highest BCUT2D eigenvalue weighted by Crippen LogP contribution is 2.27. The first-order valence-corrected chi connectivity index (χ1v) is 6.54. The van der Waals surface area contributed by atoms with Crippen LogP contribution in [0.2, 0.25) is 0 Å². The first-order chi connectivity index (χ1) is 10.7. The molecule has 2 aromatic rings. The fourth-order valence-electron chi connectivity index (χ4n) is 1.89. The molecule has 0 aliphatic rings. The van der Waals surface area contributed by atoms with Gasteiger partial charge in [0.05, 0.1) is 25.6 Å². The largest absolute Gasteiger partial charge is 0.453 e. The van der Waals surface area contributed by atoms with E-state index >= 15 is 0 Å². The molecule has 2 amide bonds. The van der Waals surface area contributed by atoms with Crippen LogP contribution in [0, 0.1) is 0 Å². The van der Waals surface area contributed by atoms with Crippen molar-refractivity contribution in [3.63, 3.8) is 0 Å². The number of nitrogens with zero attached hydrogens (tertiary/aromatic N) is 1. The van der Waals surface area contributed by atoms with Crippen molar-refractivity contribution in [2.75, 3.05) is 24.4 Å². The average molecular weight is 300 g/mol. The molecule has 22 heavy (non-hydrogen) atoms. The molecule has 0 radical (unpaired) electrons. The molecule has 2 rings (SSSR count). The second-order valence-electron chi connectivity index (χ2n) is 4.30. The molecule has 0 spiro atoms. The number of carbonyl (C=O) groups is 2. The van der Waals surface area contributed by atoms with Gasteiger partial charge in [-0.15, -0.1) is 0 Å². The Labute approximate surface area is 128 Å². The number of hydrogen-bond acceptors (Lipinski definition) is 4. The highest BCUT2D eigenvalue weighted by Gasteiger charge is 2.18. The van der Waals surface area contributed by atoms with Gasteiger partial charge >= 0.3 is 12.2 Å². The van der Waals surface area contributed by atoms with Gasteiger partial charge in [-0.2, -0.15) is 0 Å². The van der Waals surface area contributed by atoms with E-state index in [2.05, 4.69) is 10.1 Å². The Morgan fingerprint density at radius 1 is 0.864 bits per heavy atom. The van der Waals surface area contributed by atoms with Crippen molar-refractivity contribution in [3.05, 3.63) is 54.6 Å². The van der Waals surface area contributed by atoms with Crippen molar-refractivity contribution in [1.29, 1.82) is 0 Å². The summed E-state index contributed by atoms with van der Waals surface area (Å²) in [7, 11) is 2.61. The monoisotopic (exact) mass is 300 g/mol. The number of methoxy groups -OCH3 is 2. The zero-order valence-corrected chi connectivity index (χ0v) is 12.3. The van der Waals surface area contributed by atoms with Gasteiger partial charge in [0.15, 0.2) is 0 Å². The molecule has 2 aromatic carbocycles. The predicted molar refractivity (Wildman–Crippen MR) is 83.5 cm³/mol. The number of nitrogens with one attached hydrogen (secondary N) is 1. The van der Waals surface area contributed by atoms with Crippen molar-refractivity contribution in [3.8, 4) is 0 Å². The van der Waals surface area contributed by atoms with Crippen LogP contribution >= 0.6 is 0 Å². The Kier molecular flexibility index (Phi) is 4.98. The average Bonchev–Trinajstić information content (AvgIpc) is 2.57. The lowest BCUT2D eigenvalue weighted by Gasteiger charge is -2.21. The molecule has 6 nitrogen and oxygen atoms in total. The van der Waals surface area contributed by atoms with Crippen LogP contribution in [0.1, 0.15) is 0 Å². The maximum absolute atomic E-state index is 12.0. The molecule has 0 bridgehead atoms. The third-order valence-corrected chi connectivity index (χ3v) is 2.93. The van der Waals surface area contributed by atoms with Crippen LogP contribution in [-0.4, -0.2) is 26.4 Å². The van der Waals surface area contributed by atoms with E-state index in [4.69, 9.17) is 4.74 Å². The van der Waals surface area contributed by atoms with E-state index in [1.807, 2.05) is 18.2 Å². The number of benzene rings is 2. The van der Waals surface area contributed by atoms with Gasteiger partial charge in [0.2, 0.25) is 0 Å². The normalized spacial score (nSPS) is 9.73. The van der Waals surface area contributed by atoms with Crippen molar-refractivity contribution in [2.45, 2.75) is 0 Å². The van der Waals surface area contributed by atoms with E-state index in [0.29, 0.717) is 17.1 Å². The minimum absolute atomic E-state index is 0.500. The van der Waals surface area contributed by atoms with Crippen LogP contribution in [0.5, 0.6) is 0 Å². The first-order valence-electron chi connectivity index (χ1n) is 6.54. The van der Waals surface area contributed by atoms with Gasteiger partial charge in [0.1, 0.15) is 0 Å². The van der Waals surface area contributed by atoms with E-state index in [9.17, 15) is 9.59 Å². The molecule has 6 heteroatoms. The molecule has 0 heterocycles. The Hall–Kier alpha value is -3.02. The van der Waals surface area contributed by atoms with Crippen molar-refractivity contribution < 1.29 is 19.1 Å². The van der Waals surface area contributed by atoms with Gasteiger partial charge in [0.25, 0.3) is 0 Å². The van der Waals surface area contributed by atoms with Gasteiger partial charge < -0.3 is 9.47 Å². The SMILES string of the molecule is COC(=O)Nc1ccc(N(C(=O)OC)c2ccccc2)cc1. The Balaban J connectivity index is 2.29. The summed E-state index contributed by atoms with van der Waals surface area (Å²) in [5.74, 6) is 0. The summed E-state index contributed by atoms with van der Waals surface area (Å²) in [5, 5.41) is 2.54. The van der Waals surface area contributed by atoms with Crippen LogP contribution < -0.4 is 10.2 Å². The van der Waals surface area contributed by atoms with Gasteiger partial charge in [0, 0.05) is 5.69 Å². The summed E-state index contributed by atoms with van der Waals surface area (Å²) >= 11 is 0.